The molecule has 1 heterocycles. The summed E-state index contributed by atoms with van der Waals surface area (Å²) < 4.78 is 37.8. The second-order valence-electron chi connectivity index (χ2n) is 6.11. The average molecular weight is 300 g/mol. The molecule has 3 atom stereocenters. The molecule has 2 nitrogen and oxygen atoms in total. The fourth-order valence-electron chi connectivity index (χ4n) is 2.97. The first-order valence-electron chi connectivity index (χ1n) is 7.44. The van der Waals surface area contributed by atoms with Gasteiger partial charge in [-0.25, -0.2) is 0 Å². The summed E-state index contributed by atoms with van der Waals surface area (Å²) in [6, 6.07) is 5.41. The van der Waals surface area contributed by atoms with Crippen molar-refractivity contribution < 1.29 is 13.2 Å². The first-order valence-corrected chi connectivity index (χ1v) is 7.44. The lowest BCUT2D eigenvalue weighted by Crippen LogP contribution is -2.43. The van der Waals surface area contributed by atoms with Crippen LogP contribution in [0, 0.1) is 11.8 Å². The van der Waals surface area contributed by atoms with Crippen LogP contribution in [0.5, 0.6) is 0 Å². The molecule has 1 aliphatic rings. The van der Waals surface area contributed by atoms with Gasteiger partial charge in [0.2, 0.25) is 0 Å². The van der Waals surface area contributed by atoms with E-state index in [-0.39, 0.29) is 6.04 Å². The number of rotatable bonds is 3. The molecule has 0 aliphatic carbocycles. The van der Waals surface area contributed by atoms with E-state index in [1.165, 1.54) is 0 Å². The van der Waals surface area contributed by atoms with Crippen molar-refractivity contribution in [2.45, 2.75) is 32.5 Å². The molecule has 1 aromatic carbocycles. The number of piperidine rings is 1. The third-order valence-corrected chi connectivity index (χ3v) is 4.65. The highest BCUT2D eigenvalue weighted by atomic mass is 19.4. The zero-order valence-electron chi connectivity index (χ0n) is 12.5. The zero-order chi connectivity index (χ0) is 15.6. The van der Waals surface area contributed by atoms with Crippen LogP contribution in [0.25, 0.3) is 0 Å². The van der Waals surface area contributed by atoms with Crippen molar-refractivity contribution in [2.24, 2.45) is 17.6 Å². The maximum Gasteiger partial charge on any atom is 0.416 e. The van der Waals surface area contributed by atoms with E-state index in [2.05, 4.69) is 18.7 Å². The Morgan fingerprint density at radius 3 is 2.29 bits per heavy atom. The van der Waals surface area contributed by atoms with Gasteiger partial charge in [-0.3, -0.25) is 4.90 Å². The monoisotopic (exact) mass is 300 g/mol. The number of hydrogen-bond acceptors (Lipinski definition) is 2. The van der Waals surface area contributed by atoms with Crippen molar-refractivity contribution >= 4 is 0 Å². The molecular weight excluding hydrogens is 277 g/mol. The Hall–Kier alpha value is -1.07. The van der Waals surface area contributed by atoms with Gasteiger partial charge in [0.25, 0.3) is 0 Å². The van der Waals surface area contributed by atoms with Crippen molar-refractivity contribution in [3.63, 3.8) is 0 Å². The van der Waals surface area contributed by atoms with E-state index < -0.39 is 11.7 Å². The van der Waals surface area contributed by atoms with Crippen LogP contribution >= 0.6 is 0 Å². The Morgan fingerprint density at radius 2 is 1.81 bits per heavy atom. The molecule has 1 aliphatic heterocycles. The number of halogens is 3. The fourth-order valence-corrected chi connectivity index (χ4v) is 2.97. The highest BCUT2D eigenvalue weighted by Gasteiger charge is 2.31. The number of likely N-dealkylation sites (tertiary alicyclic amines) is 1. The van der Waals surface area contributed by atoms with Crippen LogP contribution in [-0.2, 0) is 6.18 Å². The number of nitrogens with two attached hydrogens (primary N) is 1. The molecule has 3 unspecified atom stereocenters. The van der Waals surface area contributed by atoms with Crippen molar-refractivity contribution in [1.29, 1.82) is 0 Å². The van der Waals surface area contributed by atoms with Gasteiger partial charge in [0.15, 0.2) is 0 Å². The lowest BCUT2D eigenvalue weighted by Gasteiger charge is -2.40. The molecule has 5 heteroatoms. The van der Waals surface area contributed by atoms with E-state index in [1.54, 1.807) is 12.1 Å². The third kappa shape index (κ3) is 3.77. The number of hydrogen-bond donors (Lipinski definition) is 1. The molecule has 118 valence electrons. The van der Waals surface area contributed by atoms with Crippen LogP contribution in [0.15, 0.2) is 24.3 Å². The summed E-state index contributed by atoms with van der Waals surface area (Å²) in [5.41, 5.74) is 6.13. The summed E-state index contributed by atoms with van der Waals surface area (Å²) in [5.74, 6) is 1.27. The molecule has 2 N–H and O–H groups in total. The standard InChI is InChI=1S/C16H23F3N2/c1-11-7-8-21(10-12(11)2)15(9-20)13-3-5-14(6-4-13)16(17,18)19/h3-6,11-12,15H,7-10,20H2,1-2H3. The zero-order valence-corrected chi connectivity index (χ0v) is 12.5. The Balaban J connectivity index is 2.14. The molecule has 0 saturated carbocycles. The Morgan fingerprint density at radius 1 is 1.19 bits per heavy atom. The minimum atomic E-state index is -4.29. The third-order valence-electron chi connectivity index (χ3n) is 4.65. The van der Waals surface area contributed by atoms with Gasteiger partial charge >= 0.3 is 6.18 Å². The van der Waals surface area contributed by atoms with E-state index in [0.29, 0.717) is 18.4 Å². The second kappa shape index (κ2) is 6.36. The first kappa shape index (κ1) is 16.3. The second-order valence-corrected chi connectivity index (χ2v) is 6.11. The molecule has 0 aromatic heterocycles. The molecule has 1 fully saturated rings. The summed E-state index contributed by atoms with van der Waals surface area (Å²) in [5, 5.41) is 0. The van der Waals surface area contributed by atoms with Crippen LogP contribution in [-0.4, -0.2) is 24.5 Å². The van der Waals surface area contributed by atoms with Gasteiger partial charge in [-0.15, -0.1) is 0 Å². The molecule has 0 spiro atoms. The van der Waals surface area contributed by atoms with Crippen LogP contribution in [0.4, 0.5) is 13.2 Å². The molecule has 1 saturated heterocycles. The van der Waals surface area contributed by atoms with Crippen LogP contribution in [0.1, 0.15) is 37.4 Å². The Bertz CT molecular complexity index is 456. The minimum Gasteiger partial charge on any atom is -0.329 e. The topological polar surface area (TPSA) is 29.3 Å². The fraction of sp³-hybridized carbons (Fsp3) is 0.625. The van der Waals surface area contributed by atoms with Crippen molar-refractivity contribution in [3.8, 4) is 0 Å². The summed E-state index contributed by atoms with van der Waals surface area (Å²) in [7, 11) is 0. The summed E-state index contributed by atoms with van der Waals surface area (Å²) in [6.07, 6.45) is -3.18. The molecule has 1 aromatic rings. The van der Waals surface area contributed by atoms with E-state index in [0.717, 1.165) is 37.2 Å². The first-order chi connectivity index (χ1) is 9.82. The highest BCUT2D eigenvalue weighted by molar-refractivity contribution is 5.27. The SMILES string of the molecule is CC1CCN(C(CN)c2ccc(C(F)(F)F)cc2)CC1C. The van der Waals surface area contributed by atoms with Gasteiger partial charge in [0.1, 0.15) is 0 Å². The number of alkyl halides is 3. The van der Waals surface area contributed by atoms with Gasteiger partial charge in [-0.05, 0) is 42.5 Å². The smallest absolute Gasteiger partial charge is 0.329 e. The van der Waals surface area contributed by atoms with Gasteiger partial charge in [-0.1, -0.05) is 26.0 Å². The van der Waals surface area contributed by atoms with Gasteiger partial charge in [0.05, 0.1) is 5.56 Å². The predicted octanol–water partition coefficient (Wildman–Crippen LogP) is 3.68. The minimum absolute atomic E-state index is 0.00207. The van der Waals surface area contributed by atoms with Crippen LogP contribution in [0.2, 0.25) is 0 Å². The quantitative estimate of drug-likeness (QED) is 0.922. The lowest BCUT2D eigenvalue weighted by molar-refractivity contribution is -0.137. The van der Waals surface area contributed by atoms with E-state index in [1.807, 2.05) is 0 Å². The van der Waals surface area contributed by atoms with E-state index in [4.69, 9.17) is 5.73 Å². The molecule has 0 radical (unpaired) electrons. The summed E-state index contributed by atoms with van der Waals surface area (Å²) >= 11 is 0. The van der Waals surface area contributed by atoms with Gasteiger partial charge < -0.3 is 5.73 Å². The number of nitrogens with zero attached hydrogens (tertiary/aromatic N) is 1. The average Bonchev–Trinajstić information content (AvgIpc) is 2.43. The Labute approximate surface area is 124 Å². The maximum atomic E-state index is 12.6. The molecule has 0 amide bonds. The highest BCUT2D eigenvalue weighted by Crippen LogP contribution is 2.32. The maximum absolute atomic E-state index is 12.6. The molecular formula is C16H23F3N2. The van der Waals surface area contributed by atoms with Crippen LogP contribution < -0.4 is 5.73 Å². The van der Waals surface area contributed by atoms with Crippen LogP contribution in [0.3, 0.4) is 0 Å². The normalized spacial score (nSPS) is 25.8. The molecule has 21 heavy (non-hydrogen) atoms. The van der Waals surface area contributed by atoms with E-state index >= 15 is 0 Å². The molecule has 2 rings (SSSR count). The van der Waals surface area contributed by atoms with Gasteiger partial charge in [-0.2, -0.15) is 13.2 Å². The largest absolute Gasteiger partial charge is 0.416 e. The van der Waals surface area contributed by atoms with E-state index in [9.17, 15) is 13.2 Å². The van der Waals surface area contributed by atoms with Crippen molar-refractivity contribution in [1.82, 2.24) is 4.90 Å². The molecule has 0 bridgehead atoms. The van der Waals surface area contributed by atoms with Crippen molar-refractivity contribution in [2.75, 3.05) is 19.6 Å². The van der Waals surface area contributed by atoms with Gasteiger partial charge in [0, 0.05) is 19.1 Å². The van der Waals surface area contributed by atoms with Crippen molar-refractivity contribution in [3.05, 3.63) is 35.4 Å². The summed E-state index contributed by atoms with van der Waals surface area (Å²) in [6.45, 7) is 6.79. The Kier molecular flexibility index (Phi) is 4.94. The predicted molar refractivity (Wildman–Crippen MR) is 77.8 cm³/mol. The number of benzene rings is 1. The summed E-state index contributed by atoms with van der Waals surface area (Å²) in [4.78, 5) is 2.30. The lowest BCUT2D eigenvalue weighted by atomic mass is 9.87.